The van der Waals surface area contributed by atoms with E-state index in [0.717, 1.165) is 5.56 Å². The van der Waals surface area contributed by atoms with Crippen LogP contribution in [0.15, 0.2) is 42.5 Å². The van der Waals surface area contributed by atoms with Gasteiger partial charge in [0.05, 0.1) is 7.11 Å². The molecule has 0 saturated carbocycles. The molecule has 0 aliphatic heterocycles. The van der Waals surface area contributed by atoms with E-state index in [-0.39, 0.29) is 5.82 Å². The number of rotatable bonds is 3. The molecule has 0 aromatic heterocycles. The largest absolute Gasteiger partial charge is 0.497 e. The monoisotopic (exact) mass is 232 g/mol. The Hall–Kier alpha value is -2.03. The average Bonchev–Trinajstić information content (AvgIpc) is 2.28. The number of halogens is 1. The molecule has 0 aliphatic carbocycles. The smallest absolute Gasteiger partial charge is 0.134 e. The van der Waals surface area contributed by atoms with E-state index in [1.807, 2.05) is 31.2 Å². The van der Waals surface area contributed by atoms with Crippen LogP contribution in [0.25, 0.3) is 0 Å². The molecule has 0 radical (unpaired) electrons. The molecule has 0 unspecified atom stereocenters. The van der Waals surface area contributed by atoms with Crippen molar-refractivity contribution in [3.8, 4) is 17.2 Å². The van der Waals surface area contributed by atoms with Crippen LogP contribution in [0.5, 0.6) is 17.2 Å². The molecule has 0 amide bonds. The highest BCUT2D eigenvalue weighted by molar-refractivity contribution is 5.38. The summed E-state index contributed by atoms with van der Waals surface area (Å²) >= 11 is 0. The SMILES string of the molecule is COc1cc(F)cc(Oc2cccc(C)c2)c1. The Labute approximate surface area is 99.6 Å². The van der Waals surface area contributed by atoms with Gasteiger partial charge in [0.1, 0.15) is 23.1 Å². The van der Waals surface area contributed by atoms with Crippen LogP contribution in [0.2, 0.25) is 0 Å². The van der Waals surface area contributed by atoms with E-state index >= 15 is 0 Å². The maximum absolute atomic E-state index is 13.2. The molecule has 0 saturated heterocycles. The first-order valence-electron chi connectivity index (χ1n) is 5.26. The predicted octanol–water partition coefficient (Wildman–Crippen LogP) is 3.94. The number of ether oxygens (including phenoxy) is 2. The molecule has 0 aliphatic rings. The van der Waals surface area contributed by atoms with Gasteiger partial charge in [0, 0.05) is 18.2 Å². The second-order valence-corrected chi connectivity index (χ2v) is 3.75. The lowest BCUT2D eigenvalue weighted by molar-refractivity contribution is 0.404. The maximum atomic E-state index is 13.2. The molecule has 88 valence electrons. The Kier molecular flexibility index (Phi) is 3.28. The van der Waals surface area contributed by atoms with Crippen LogP contribution in [0.1, 0.15) is 5.56 Å². The standard InChI is InChI=1S/C14H13FO2/c1-10-4-3-5-12(6-10)17-14-8-11(15)7-13(9-14)16-2/h3-9H,1-2H3. The van der Waals surface area contributed by atoms with Crippen LogP contribution in [-0.4, -0.2) is 7.11 Å². The first-order valence-corrected chi connectivity index (χ1v) is 5.26. The third kappa shape index (κ3) is 2.97. The molecule has 2 nitrogen and oxygen atoms in total. The first-order chi connectivity index (χ1) is 8.17. The van der Waals surface area contributed by atoms with Crippen LogP contribution in [0.3, 0.4) is 0 Å². The van der Waals surface area contributed by atoms with E-state index in [4.69, 9.17) is 9.47 Å². The minimum absolute atomic E-state index is 0.382. The van der Waals surface area contributed by atoms with Gasteiger partial charge in [-0.15, -0.1) is 0 Å². The Bertz CT molecular complexity index is 523. The summed E-state index contributed by atoms with van der Waals surface area (Å²) < 4.78 is 23.8. The molecule has 2 rings (SSSR count). The van der Waals surface area contributed by atoms with E-state index in [1.165, 1.54) is 19.2 Å². The number of aryl methyl sites for hydroxylation is 1. The summed E-state index contributed by atoms with van der Waals surface area (Å²) in [5.41, 5.74) is 1.09. The lowest BCUT2D eigenvalue weighted by Crippen LogP contribution is -1.89. The van der Waals surface area contributed by atoms with Crippen molar-refractivity contribution in [3.63, 3.8) is 0 Å². The summed E-state index contributed by atoms with van der Waals surface area (Å²) in [4.78, 5) is 0. The minimum Gasteiger partial charge on any atom is -0.497 e. The van der Waals surface area contributed by atoms with Crippen molar-refractivity contribution >= 4 is 0 Å². The minimum atomic E-state index is -0.382. The van der Waals surface area contributed by atoms with Gasteiger partial charge in [-0.2, -0.15) is 0 Å². The van der Waals surface area contributed by atoms with Gasteiger partial charge < -0.3 is 9.47 Å². The number of hydrogen-bond acceptors (Lipinski definition) is 2. The van der Waals surface area contributed by atoms with Crippen LogP contribution in [0, 0.1) is 12.7 Å². The Morgan fingerprint density at radius 2 is 1.71 bits per heavy atom. The molecule has 0 atom stereocenters. The third-order valence-electron chi connectivity index (χ3n) is 2.31. The second-order valence-electron chi connectivity index (χ2n) is 3.75. The van der Waals surface area contributed by atoms with Crippen molar-refractivity contribution in [2.45, 2.75) is 6.92 Å². The van der Waals surface area contributed by atoms with Gasteiger partial charge in [-0.1, -0.05) is 12.1 Å². The number of hydrogen-bond donors (Lipinski definition) is 0. The maximum Gasteiger partial charge on any atom is 0.134 e. The summed E-state index contributed by atoms with van der Waals surface area (Å²) in [6, 6.07) is 11.8. The van der Waals surface area contributed by atoms with Crippen molar-refractivity contribution in [3.05, 3.63) is 53.8 Å². The summed E-state index contributed by atoms with van der Waals surface area (Å²) in [7, 11) is 1.49. The van der Waals surface area contributed by atoms with Gasteiger partial charge in [-0.3, -0.25) is 0 Å². The van der Waals surface area contributed by atoms with Crippen molar-refractivity contribution in [1.82, 2.24) is 0 Å². The molecule has 0 fully saturated rings. The Morgan fingerprint density at radius 1 is 0.941 bits per heavy atom. The normalized spacial score (nSPS) is 10.1. The quantitative estimate of drug-likeness (QED) is 0.798. The summed E-state index contributed by atoms with van der Waals surface area (Å²) in [6.45, 7) is 1.97. The topological polar surface area (TPSA) is 18.5 Å². The van der Waals surface area contributed by atoms with Crippen LogP contribution in [-0.2, 0) is 0 Å². The molecule has 2 aromatic rings. The molecule has 2 aromatic carbocycles. The van der Waals surface area contributed by atoms with Crippen molar-refractivity contribution in [1.29, 1.82) is 0 Å². The van der Waals surface area contributed by atoms with Crippen molar-refractivity contribution < 1.29 is 13.9 Å². The van der Waals surface area contributed by atoms with E-state index in [9.17, 15) is 4.39 Å². The van der Waals surface area contributed by atoms with Gasteiger partial charge in [0.25, 0.3) is 0 Å². The van der Waals surface area contributed by atoms with Crippen molar-refractivity contribution in [2.24, 2.45) is 0 Å². The van der Waals surface area contributed by atoms with Gasteiger partial charge in [0.2, 0.25) is 0 Å². The van der Waals surface area contributed by atoms with E-state index in [1.54, 1.807) is 6.07 Å². The van der Waals surface area contributed by atoms with Gasteiger partial charge >= 0.3 is 0 Å². The van der Waals surface area contributed by atoms with Crippen LogP contribution >= 0.6 is 0 Å². The lowest BCUT2D eigenvalue weighted by Gasteiger charge is -2.08. The fraction of sp³-hybridized carbons (Fsp3) is 0.143. The Morgan fingerprint density at radius 3 is 2.41 bits per heavy atom. The summed E-state index contributed by atoms with van der Waals surface area (Å²) in [5.74, 6) is 1.16. The zero-order valence-electron chi connectivity index (χ0n) is 9.74. The van der Waals surface area contributed by atoms with E-state index in [2.05, 4.69) is 0 Å². The summed E-state index contributed by atoms with van der Waals surface area (Å²) in [5, 5.41) is 0. The molecule has 3 heteroatoms. The fourth-order valence-corrected chi connectivity index (χ4v) is 1.53. The second kappa shape index (κ2) is 4.87. The molecule has 17 heavy (non-hydrogen) atoms. The summed E-state index contributed by atoms with van der Waals surface area (Å²) in [6.07, 6.45) is 0. The highest BCUT2D eigenvalue weighted by atomic mass is 19.1. The third-order valence-corrected chi connectivity index (χ3v) is 2.31. The predicted molar refractivity (Wildman–Crippen MR) is 64.2 cm³/mol. The molecule has 0 heterocycles. The molecule has 0 N–H and O–H groups in total. The molecular formula is C14H13FO2. The van der Waals surface area contributed by atoms with E-state index < -0.39 is 0 Å². The van der Waals surface area contributed by atoms with Gasteiger partial charge in [-0.25, -0.2) is 4.39 Å². The van der Waals surface area contributed by atoms with Crippen LogP contribution < -0.4 is 9.47 Å². The van der Waals surface area contributed by atoms with Crippen molar-refractivity contribution in [2.75, 3.05) is 7.11 Å². The highest BCUT2D eigenvalue weighted by Gasteiger charge is 2.03. The molecule has 0 bridgehead atoms. The van der Waals surface area contributed by atoms with Gasteiger partial charge in [0.15, 0.2) is 0 Å². The number of methoxy groups -OCH3 is 1. The number of benzene rings is 2. The Balaban J connectivity index is 2.26. The average molecular weight is 232 g/mol. The molecule has 0 spiro atoms. The van der Waals surface area contributed by atoms with Crippen LogP contribution in [0.4, 0.5) is 4.39 Å². The zero-order valence-corrected chi connectivity index (χ0v) is 9.74. The fourth-order valence-electron chi connectivity index (χ4n) is 1.53. The zero-order chi connectivity index (χ0) is 12.3. The molecular weight excluding hydrogens is 219 g/mol. The van der Waals surface area contributed by atoms with Gasteiger partial charge in [-0.05, 0) is 24.6 Å². The first kappa shape index (κ1) is 11.5. The van der Waals surface area contributed by atoms with E-state index in [0.29, 0.717) is 17.2 Å². The highest BCUT2D eigenvalue weighted by Crippen LogP contribution is 2.27. The lowest BCUT2D eigenvalue weighted by atomic mass is 10.2.